The van der Waals surface area contributed by atoms with Crippen molar-refractivity contribution in [3.8, 4) is 0 Å². The summed E-state index contributed by atoms with van der Waals surface area (Å²) in [6.07, 6.45) is 1.54. The smallest absolute Gasteiger partial charge is 0.308 e. The van der Waals surface area contributed by atoms with Gasteiger partial charge in [-0.1, -0.05) is 12.1 Å². The van der Waals surface area contributed by atoms with Crippen LogP contribution in [0.2, 0.25) is 0 Å². The third-order valence-electron chi connectivity index (χ3n) is 4.24. The van der Waals surface area contributed by atoms with Gasteiger partial charge in [0.2, 0.25) is 5.91 Å². The molecule has 1 saturated heterocycles. The molecule has 25 heavy (non-hydrogen) atoms. The van der Waals surface area contributed by atoms with Crippen molar-refractivity contribution in [2.45, 2.75) is 26.3 Å². The van der Waals surface area contributed by atoms with Gasteiger partial charge in [0.25, 0.3) is 0 Å². The Balaban J connectivity index is 1.89. The molecular weight excluding hydrogens is 320 g/mol. The van der Waals surface area contributed by atoms with Crippen LogP contribution < -0.4 is 10.6 Å². The Labute approximate surface area is 148 Å². The first-order valence-electron chi connectivity index (χ1n) is 8.43. The quantitative estimate of drug-likeness (QED) is 0.492. The molecule has 1 heterocycles. The minimum Gasteiger partial charge on any atom is -0.469 e. The third-order valence-corrected chi connectivity index (χ3v) is 4.24. The van der Waals surface area contributed by atoms with E-state index in [4.69, 9.17) is 4.74 Å². The van der Waals surface area contributed by atoms with E-state index in [1.165, 1.54) is 14.0 Å². The van der Waals surface area contributed by atoms with Gasteiger partial charge in [0, 0.05) is 39.3 Å². The van der Waals surface area contributed by atoms with Crippen LogP contribution in [0.15, 0.2) is 29.3 Å². The Morgan fingerprint density at radius 3 is 2.64 bits per heavy atom. The molecule has 136 valence electrons. The van der Waals surface area contributed by atoms with Crippen LogP contribution >= 0.6 is 0 Å². The number of hydrogen-bond donors (Lipinski definition) is 2. The van der Waals surface area contributed by atoms with Gasteiger partial charge in [0.1, 0.15) is 0 Å². The molecule has 1 aromatic rings. The number of carbonyl (C=O) groups is 2. The number of piperidine rings is 1. The molecule has 0 aromatic heterocycles. The molecule has 1 aromatic carbocycles. The summed E-state index contributed by atoms with van der Waals surface area (Å²) in [5.74, 6) is 0.578. The highest BCUT2D eigenvalue weighted by Crippen LogP contribution is 2.18. The van der Waals surface area contributed by atoms with E-state index in [-0.39, 0.29) is 17.8 Å². The van der Waals surface area contributed by atoms with Crippen LogP contribution in [0.4, 0.5) is 5.69 Å². The Morgan fingerprint density at radius 2 is 2.04 bits per heavy atom. The summed E-state index contributed by atoms with van der Waals surface area (Å²) < 4.78 is 4.82. The van der Waals surface area contributed by atoms with E-state index in [0.717, 1.165) is 43.1 Å². The van der Waals surface area contributed by atoms with Gasteiger partial charge in [-0.05, 0) is 30.5 Å². The Bertz CT molecular complexity index is 637. The average molecular weight is 346 g/mol. The van der Waals surface area contributed by atoms with Gasteiger partial charge in [-0.3, -0.25) is 14.6 Å². The summed E-state index contributed by atoms with van der Waals surface area (Å²) in [6.45, 7) is 3.64. The zero-order valence-electron chi connectivity index (χ0n) is 15.0. The standard InChI is InChI=1S/C18H26N4O3/c1-13(23)21-16-6-4-5-14(11-16)12-20-18(19-2)22-9-7-15(8-10-22)17(24)25-3/h4-6,11,15H,7-10,12H2,1-3H3,(H,19,20)(H,21,23). The number of aliphatic imine (C=N–C) groups is 1. The van der Waals surface area contributed by atoms with Gasteiger partial charge in [-0.25, -0.2) is 0 Å². The fourth-order valence-corrected chi connectivity index (χ4v) is 2.97. The number of anilines is 1. The van der Waals surface area contributed by atoms with Crippen LogP contribution in [0.5, 0.6) is 0 Å². The topological polar surface area (TPSA) is 83.0 Å². The van der Waals surface area contributed by atoms with Gasteiger partial charge in [0.15, 0.2) is 5.96 Å². The predicted octanol–water partition coefficient (Wildman–Crippen LogP) is 1.61. The lowest BCUT2D eigenvalue weighted by Crippen LogP contribution is -2.46. The normalized spacial score (nSPS) is 15.6. The van der Waals surface area contributed by atoms with Gasteiger partial charge in [-0.15, -0.1) is 0 Å². The van der Waals surface area contributed by atoms with E-state index in [2.05, 4.69) is 20.5 Å². The first kappa shape index (κ1) is 18.8. The molecule has 0 atom stereocenters. The number of methoxy groups -OCH3 is 1. The monoisotopic (exact) mass is 346 g/mol. The van der Waals surface area contributed by atoms with E-state index in [0.29, 0.717) is 6.54 Å². The molecule has 1 aliphatic heterocycles. The zero-order valence-corrected chi connectivity index (χ0v) is 15.0. The Hall–Kier alpha value is -2.57. The summed E-state index contributed by atoms with van der Waals surface area (Å²) in [5, 5.41) is 6.12. The van der Waals surface area contributed by atoms with Crippen LogP contribution in [0.1, 0.15) is 25.3 Å². The van der Waals surface area contributed by atoms with Crippen LogP contribution in [-0.2, 0) is 20.9 Å². The van der Waals surface area contributed by atoms with E-state index in [1.54, 1.807) is 7.05 Å². The molecule has 0 radical (unpaired) electrons. The second kappa shape index (κ2) is 9.05. The summed E-state index contributed by atoms with van der Waals surface area (Å²) in [7, 11) is 3.19. The second-order valence-electron chi connectivity index (χ2n) is 6.07. The van der Waals surface area contributed by atoms with E-state index < -0.39 is 0 Å². The number of likely N-dealkylation sites (tertiary alicyclic amines) is 1. The molecular formula is C18H26N4O3. The molecule has 0 aliphatic carbocycles. The maximum Gasteiger partial charge on any atom is 0.308 e. The highest BCUT2D eigenvalue weighted by Gasteiger charge is 2.26. The predicted molar refractivity (Wildman–Crippen MR) is 97.3 cm³/mol. The molecule has 7 heteroatoms. The third kappa shape index (κ3) is 5.48. The molecule has 0 saturated carbocycles. The minimum absolute atomic E-state index is 0.0197. The number of carbonyl (C=O) groups excluding carboxylic acids is 2. The van der Waals surface area contributed by atoms with Crippen molar-refractivity contribution in [1.29, 1.82) is 0 Å². The lowest BCUT2D eigenvalue weighted by Gasteiger charge is -2.33. The first-order valence-corrected chi connectivity index (χ1v) is 8.43. The average Bonchev–Trinajstić information content (AvgIpc) is 2.62. The van der Waals surface area contributed by atoms with Crippen LogP contribution in [0.25, 0.3) is 0 Å². The number of nitrogens with one attached hydrogen (secondary N) is 2. The lowest BCUT2D eigenvalue weighted by atomic mass is 9.97. The molecule has 0 spiro atoms. The number of esters is 1. The molecule has 1 aliphatic rings. The Kier molecular flexibility index (Phi) is 6.80. The summed E-state index contributed by atoms with van der Waals surface area (Å²) in [6, 6.07) is 7.70. The van der Waals surface area contributed by atoms with Crippen molar-refractivity contribution < 1.29 is 14.3 Å². The van der Waals surface area contributed by atoms with Crippen molar-refractivity contribution >= 4 is 23.5 Å². The number of hydrogen-bond acceptors (Lipinski definition) is 4. The van der Waals surface area contributed by atoms with E-state index in [9.17, 15) is 9.59 Å². The van der Waals surface area contributed by atoms with Crippen LogP contribution in [-0.4, -0.2) is 50.0 Å². The molecule has 0 unspecified atom stereocenters. The summed E-state index contributed by atoms with van der Waals surface area (Å²) in [4.78, 5) is 29.3. The molecule has 0 bridgehead atoms. The van der Waals surface area contributed by atoms with E-state index in [1.807, 2.05) is 24.3 Å². The number of amides is 1. The van der Waals surface area contributed by atoms with Gasteiger partial charge < -0.3 is 20.3 Å². The largest absolute Gasteiger partial charge is 0.469 e. The number of benzene rings is 1. The first-order chi connectivity index (χ1) is 12.0. The fraction of sp³-hybridized carbons (Fsp3) is 0.500. The van der Waals surface area contributed by atoms with Crippen LogP contribution in [0, 0.1) is 5.92 Å². The SMILES string of the molecule is CN=C(NCc1cccc(NC(C)=O)c1)N1CCC(C(=O)OC)CC1. The maximum absolute atomic E-state index is 11.6. The molecule has 1 fully saturated rings. The number of rotatable bonds is 4. The summed E-state index contributed by atoms with van der Waals surface area (Å²) in [5.41, 5.74) is 1.83. The molecule has 1 amide bonds. The summed E-state index contributed by atoms with van der Waals surface area (Å²) >= 11 is 0. The number of nitrogens with zero attached hydrogens (tertiary/aromatic N) is 2. The maximum atomic E-state index is 11.6. The Morgan fingerprint density at radius 1 is 1.32 bits per heavy atom. The van der Waals surface area contributed by atoms with Gasteiger partial charge in [-0.2, -0.15) is 0 Å². The second-order valence-corrected chi connectivity index (χ2v) is 6.07. The van der Waals surface area contributed by atoms with Crippen molar-refractivity contribution in [1.82, 2.24) is 10.2 Å². The van der Waals surface area contributed by atoms with Crippen molar-refractivity contribution in [3.63, 3.8) is 0 Å². The van der Waals surface area contributed by atoms with Crippen LogP contribution in [0.3, 0.4) is 0 Å². The van der Waals surface area contributed by atoms with Crippen molar-refractivity contribution in [2.75, 3.05) is 32.6 Å². The molecule has 2 N–H and O–H groups in total. The zero-order chi connectivity index (χ0) is 18.2. The van der Waals surface area contributed by atoms with Gasteiger partial charge in [0.05, 0.1) is 13.0 Å². The number of ether oxygens (including phenoxy) is 1. The molecule has 2 rings (SSSR count). The number of guanidine groups is 1. The minimum atomic E-state index is -0.127. The highest BCUT2D eigenvalue weighted by molar-refractivity contribution is 5.88. The molecule has 7 nitrogen and oxygen atoms in total. The van der Waals surface area contributed by atoms with Crippen molar-refractivity contribution in [3.05, 3.63) is 29.8 Å². The highest BCUT2D eigenvalue weighted by atomic mass is 16.5. The van der Waals surface area contributed by atoms with E-state index >= 15 is 0 Å². The van der Waals surface area contributed by atoms with Gasteiger partial charge >= 0.3 is 5.97 Å². The lowest BCUT2D eigenvalue weighted by molar-refractivity contribution is -0.146. The fourth-order valence-electron chi connectivity index (χ4n) is 2.97. The van der Waals surface area contributed by atoms with Crippen molar-refractivity contribution in [2.24, 2.45) is 10.9 Å².